The maximum absolute atomic E-state index is 14.8. The highest BCUT2D eigenvalue weighted by Crippen LogP contribution is 2.59. The molecule has 290 valence electrons. The van der Waals surface area contributed by atoms with Crippen LogP contribution in [0.2, 0.25) is 0 Å². The van der Waals surface area contributed by atoms with Gasteiger partial charge in [-0.2, -0.15) is 0 Å². The Bertz CT molecular complexity index is 801. The van der Waals surface area contributed by atoms with Gasteiger partial charge in [0.05, 0.1) is 25.0 Å². The SMILES string of the molecule is CCOC=C(C(=O)OC(=O)OCC)C(C1CCCCCCCCCCC1)(C1CCCCCCCCCCC1)C1CCCCCCCCCCC1. The van der Waals surface area contributed by atoms with Gasteiger partial charge in [0.1, 0.15) is 0 Å². The molecule has 3 aliphatic rings. The lowest BCUT2D eigenvalue weighted by Gasteiger charge is -2.53. The van der Waals surface area contributed by atoms with Crippen molar-refractivity contribution >= 4 is 12.1 Å². The van der Waals surface area contributed by atoms with E-state index in [0.29, 0.717) is 29.9 Å². The molecule has 0 radical (unpaired) electrons. The Kier molecular flexibility index (Phi) is 23.3. The van der Waals surface area contributed by atoms with Crippen LogP contribution in [-0.4, -0.2) is 25.3 Å². The van der Waals surface area contributed by atoms with Gasteiger partial charge in [0.25, 0.3) is 0 Å². The number of hydrogen-bond acceptors (Lipinski definition) is 5. The number of rotatable bonds is 8. The zero-order chi connectivity index (χ0) is 35.5. The topological polar surface area (TPSA) is 61.8 Å². The van der Waals surface area contributed by atoms with Crippen molar-refractivity contribution in [2.45, 2.75) is 226 Å². The predicted molar refractivity (Wildman–Crippen MR) is 208 cm³/mol. The fourth-order valence-corrected chi connectivity index (χ4v) is 10.4. The molecule has 0 amide bonds. The second-order valence-corrected chi connectivity index (χ2v) is 16.4. The van der Waals surface area contributed by atoms with E-state index in [-0.39, 0.29) is 12.0 Å². The van der Waals surface area contributed by atoms with Gasteiger partial charge in [0, 0.05) is 5.41 Å². The number of ether oxygens (including phenoxy) is 3. The van der Waals surface area contributed by atoms with Crippen molar-refractivity contribution in [3.63, 3.8) is 0 Å². The summed E-state index contributed by atoms with van der Waals surface area (Å²) in [6.45, 7) is 4.46. The van der Waals surface area contributed by atoms with Crippen molar-refractivity contribution in [1.29, 1.82) is 0 Å². The smallest absolute Gasteiger partial charge is 0.501 e. The van der Waals surface area contributed by atoms with Crippen molar-refractivity contribution in [3.05, 3.63) is 11.8 Å². The molecule has 0 aromatic rings. The van der Waals surface area contributed by atoms with E-state index in [4.69, 9.17) is 14.2 Å². The largest absolute Gasteiger partial charge is 0.516 e. The predicted octanol–water partition coefficient (Wildman–Crippen LogP) is 14.4. The molecule has 0 aromatic carbocycles. The lowest BCUT2D eigenvalue weighted by molar-refractivity contribution is -0.140. The molecule has 0 bridgehead atoms. The van der Waals surface area contributed by atoms with Crippen molar-refractivity contribution in [1.82, 2.24) is 0 Å². The Balaban J connectivity index is 2.25. The summed E-state index contributed by atoms with van der Waals surface area (Å²) in [5.41, 5.74) is 0.301. The summed E-state index contributed by atoms with van der Waals surface area (Å²) in [5, 5.41) is 0. The van der Waals surface area contributed by atoms with E-state index in [2.05, 4.69) is 0 Å². The van der Waals surface area contributed by atoms with Crippen LogP contribution in [0.5, 0.6) is 0 Å². The molecule has 0 atom stereocenters. The highest BCUT2D eigenvalue weighted by atomic mass is 16.7. The first-order valence-electron chi connectivity index (χ1n) is 22.4. The molecule has 0 unspecified atom stereocenters. The summed E-state index contributed by atoms with van der Waals surface area (Å²) in [4.78, 5) is 27.7. The highest BCUT2D eigenvalue weighted by Gasteiger charge is 2.54. The van der Waals surface area contributed by atoms with Crippen molar-refractivity contribution in [3.8, 4) is 0 Å². The lowest BCUT2D eigenvalue weighted by atomic mass is 9.50. The van der Waals surface area contributed by atoms with E-state index < -0.39 is 12.1 Å². The quantitative estimate of drug-likeness (QED) is 0.109. The number of esters is 1. The molecule has 0 aromatic heterocycles. The van der Waals surface area contributed by atoms with Crippen molar-refractivity contribution in [2.75, 3.05) is 13.2 Å². The second-order valence-electron chi connectivity index (χ2n) is 16.4. The van der Waals surface area contributed by atoms with Crippen LogP contribution in [-0.2, 0) is 19.0 Å². The Morgan fingerprint density at radius 1 is 0.460 bits per heavy atom. The van der Waals surface area contributed by atoms with Gasteiger partial charge in [-0.1, -0.05) is 173 Å². The minimum atomic E-state index is -0.870. The summed E-state index contributed by atoms with van der Waals surface area (Å²) >= 11 is 0. The molecular formula is C45H80O5. The van der Waals surface area contributed by atoms with E-state index in [1.54, 1.807) is 6.92 Å². The van der Waals surface area contributed by atoms with Crippen molar-refractivity contribution < 1.29 is 23.8 Å². The van der Waals surface area contributed by atoms with Gasteiger partial charge in [0.2, 0.25) is 0 Å². The number of hydrogen-bond donors (Lipinski definition) is 0. The molecule has 0 heterocycles. The standard InChI is InChI=1S/C45H80O5/c1-3-48-38-42(43(46)50-44(47)49-4-2)45(39-32-26-20-14-8-5-9-15-21-27-33-39,40-34-28-22-16-10-6-11-17-23-29-35-40)41-36-30-24-18-12-7-13-19-25-31-37-41/h38-41H,3-37H2,1-2H3. The second kappa shape index (κ2) is 27.1. The molecule has 0 aliphatic heterocycles. The van der Waals surface area contributed by atoms with Crippen molar-refractivity contribution in [2.24, 2.45) is 23.2 Å². The first-order valence-corrected chi connectivity index (χ1v) is 22.4. The molecule has 5 heteroatoms. The summed E-state index contributed by atoms with van der Waals surface area (Å²) in [6, 6.07) is 0. The van der Waals surface area contributed by atoms with Gasteiger partial charge in [0.15, 0.2) is 0 Å². The van der Waals surface area contributed by atoms with Crippen LogP contribution in [0, 0.1) is 23.2 Å². The maximum Gasteiger partial charge on any atom is 0.516 e. The third-order valence-corrected chi connectivity index (χ3v) is 12.8. The zero-order valence-electron chi connectivity index (χ0n) is 33.1. The monoisotopic (exact) mass is 701 g/mol. The molecule has 50 heavy (non-hydrogen) atoms. The molecule has 3 aliphatic carbocycles. The van der Waals surface area contributed by atoms with E-state index in [1.165, 1.54) is 173 Å². The van der Waals surface area contributed by atoms with Gasteiger partial charge in [-0.05, 0) is 70.1 Å². The van der Waals surface area contributed by atoms with Crippen LogP contribution in [0.15, 0.2) is 11.8 Å². The van der Waals surface area contributed by atoms with Crippen LogP contribution >= 0.6 is 0 Å². The lowest BCUT2D eigenvalue weighted by Crippen LogP contribution is -2.49. The normalized spacial score (nSPS) is 23.0. The molecule has 0 N–H and O–H groups in total. The fourth-order valence-electron chi connectivity index (χ4n) is 10.4. The van der Waals surface area contributed by atoms with E-state index in [0.717, 1.165) is 38.5 Å². The van der Waals surface area contributed by atoms with E-state index in [9.17, 15) is 9.59 Å². The first-order chi connectivity index (χ1) is 24.6. The van der Waals surface area contributed by atoms with Crippen LogP contribution in [0.4, 0.5) is 4.79 Å². The molecule has 0 spiro atoms. The average Bonchev–Trinajstić information content (AvgIpc) is 3.08. The summed E-state index contributed by atoms with van der Waals surface area (Å²) in [7, 11) is 0. The Morgan fingerprint density at radius 3 is 1.00 bits per heavy atom. The number of carbonyl (C=O) groups excluding carboxylic acids is 2. The summed E-state index contributed by atoms with van der Waals surface area (Å²) < 4.78 is 17.2. The minimum Gasteiger partial charge on any atom is -0.501 e. The van der Waals surface area contributed by atoms with Gasteiger partial charge in [-0.15, -0.1) is 0 Å². The highest BCUT2D eigenvalue weighted by molar-refractivity contribution is 5.95. The van der Waals surface area contributed by atoms with E-state index in [1.807, 2.05) is 13.2 Å². The van der Waals surface area contributed by atoms with Crippen LogP contribution in [0.1, 0.15) is 226 Å². The van der Waals surface area contributed by atoms with Gasteiger partial charge < -0.3 is 14.2 Å². The Morgan fingerprint density at radius 2 is 0.740 bits per heavy atom. The van der Waals surface area contributed by atoms with Gasteiger partial charge in [-0.25, -0.2) is 9.59 Å². The zero-order valence-corrected chi connectivity index (χ0v) is 33.1. The average molecular weight is 701 g/mol. The first kappa shape index (κ1) is 42.9. The third-order valence-electron chi connectivity index (χ3n) is 12.8. The fraction of sp³-hybridized carbons (Fsp3) is 0.911. The Labute approximate surface area is 309 Å². The Hall–Kier alpha value is -1.52. The summed E-state index contributed by atoms with van der Waals surface area (Å²) in [5.74, 6) is 0.623. The molecule has 3 rings (SSSR count). The van der Waals surface area contributed by atoms with Gasteiger partial charge in [-0.3, -0.25) is 0 Å². The molecule has 0 saturated heterocycles. The minimum absolute atomic E-state index is 0.190. The van der Waals surface area contributed by atoms with E-state index >= 15 is 0 Å². The third kappa shape index (κ3) is 15.2. The van der Waals surface area contributed by atoms with Crippen LogP contribution in [0.25, 0.3) is 0 Å². The number of carbonyl (C=O) groups is 2. The van der Waals surface area contributed by atoms with Crippen LogP contribution < -0.4 is 0 Å². The maximum atomic E-state index is 14.8. The van der Waals surface area contributed by atoms with Gasteiger partial charge >= 0.3 is 12.1 Å². The molecule has 5 nitrogen and oxygen atoms in total. The molecule has 3 fully saturated rings. The molecule has 3 saturated carbocycles. The van der Waals surface area contributed by atoms with Crippen LogP contribution in [0.3, 0.4) is 0 Å². The molecular weight excluding hydrogens is 620 g/mol. The summed E-state index contributed by atoms with van der Waals surface area (Å²) in [6.07, 6.45) is 43.0.